The van der Waals surface area contributed by atoms with Crippen molar-refractivity contribution in [2.45, 2.75) is 19.4 Å². The molecule has 3 nitrogen and oxygen atoms in total. The fourth-order valence-electron chi connectivity index (χ4n) is 0.716. The Bertz CT molecular complexity index is 66.1. The van der Waals surface area contributed by atoms with E-state index in [1.165, 1.54) is 0 Å². The van der Waals surface area contributed by atoms with Crippen LogP contribution in [0, 0.1) is 0 Å². The molecule has 0 fully saturated rings. The molecule has 0 amide bonds. The lowest BCUT2D eigenvalue weighted by atomic mass is 10.2. The monoisotopic (exact) mass is 132 g/mol. The first-order chi connectivity index (χ1) is 4.22. The van der Waals surface area contributed by atoms with Crippen molar-refractivity contribution >= 4 is 0 Å². The van der Waals surface area contributed by atoms with Crippen LogP contribution < -0.4 is 5.84 Å². The molecule has 3 heteroatoms. The van der Waals surface area contributed by atoms with Crippen LogP contribution in [-0.2, 0) is 4.74 Å². The van der Waals surface area contributed by atoms with Crippen molar-refractivity contribution in [2.75, 3.05) is 20.8 Å². The Morgan fingerprint density at radius 3 is 2.33 bits per heavy atom. The summed E-state index contributed by atoms with van der Waals surface area (Å²) in [6.07, 6.45) is 1.03. The van der Waals surface area contributed by atoms with Gasteiger partial charge in [-0.1, -0.05) is 6.92 Å². The fourth-order valence-corrected chi connectivity index (χ4v) is 0.716. The van der Waals surface area contributed by atoms with E-state index in [4.69, 9.17) is 10.6 Å². The molecule has 0 bridgehead atoms. The summed E-state index contributed by atoms with van der Waals surface area (Å²) in [6, 6.07) is 0.356. The molecule has 0 aromatic heterocycles. The molecule has 0 aliphatic rings. The highest BCUT2D eigenvalue weighted by Gasteiger charge is 2.06. The zero-order valence-corrected chi connectivity index (χ0v) is 6.42. The van der Waals surface area contributed by atoms with E-state index in [1.54, 1.807) is 12.1 Å². The molecule has 0 aromatic rings. The highest BCUT2D eigenvalue weighted by molar-refractivity contribution is 4.59. The SMILES string of the molecule is CC[C@H](COC)N(C)N. The number of methoxy groups -OCH3 is 1. The van der Waals surface area contributed by atoms with Gasteiger partial charge in [-0.25, -0.2) is 5.01 Å². The topological polar surface area (TPSA) is 38.5 Å². The Morgan fingerprint density at radius 2 is 2.22 bits per heavy atom. The number of hydrogen-bond donors (Lipinski definition) is 1. The summed E-state index contributed by atoms with van der Waals surface area (Å²) in [5, 5.41) is 1.68. The summed E-state index contributed by atoms with van der Waals surface area (Å²) in [5.41, 5.74) is 0. The van der Waals surface area contributed by atoms with Gasteiger partial charge in [0, 0.05) is 20.2 Å². The van der Waals surface area contributed by atoms with Crippen molar-refractivity contribution in [1.29, 1.82) is 0 Å². The van der Waals surface area contributed by atoms with Gasteiger partial charge in [0.05, 0.1) is 6.61 Å². The number of hydrogen-bond acceptors (Lipinski definition) is 3. The Labute approximate surface area is 56.7 Å². The van der Waals surface area contributed by atoms with Crippen molar-refractivity contribution in [2.24, 2.45) is 5.84 Å². The van der Waals surface area contributed by atoms with Crippen molar-refractivity contribution in [1.82, 2.24) is 5.01 Å². The van der Waals surface area contributed by atoms with Gasteiger partial charge in [-0.05, 0) is 6.42 Å². The molecule has 0 unspecified atom stereocenters. The maximum absolute atomic E-state index is 5.49. The predicted octanol–water partition coefficient (Wildman–Crippen LogP) is 0.217. The van der Waals surface area contributed by atoms with Gasteiger partial charge in [-0.15, -0.1) is 0 Å². The lowest BCUT2D eigenvalue weighted by molar-refractivity contribution is 0.104. The quantitative estimate of drug-likeness (QED) is 0.439. The molecule has 0 saturated carbocycles. The first-order valence-corrected chi connectivity index (χ1v) is 3.18. The Hall–Kier alpha value is -0.120. The molecule has 0 aliphatic carbocycles. The normalized spacial score (nSPS) is 14.3. The van der Waals surface area contributed by atoms with Crippen LogP contribution in [-0.4, -0.2) is 31.8 Å². The van der Waals surface area contributed by atoms with E-state index in [2.05, 4.69) is 6.92 Å². The van der Waals surface area contributed by atoms with Gasteiger partial charge in [-0.3, -0.25) is 5.84 Å². The maximum Gasteiger partial charge on any atom is 0.0631 e. The van der Waals surface area contributed by atoms with Crippen molar-refractivity contribution in [3.63, 3.8) is 0 Å². The zero-order chi connectivity index (χ0) is 7.28. The highest BCUT2D eigenvalue weighted by atomic mass is 16.5. The molecule has 0 aliphatic heterocycles. The average Bonchev–Trinajstić information content (AvgIpc) is 1.82. The zero-order valence-electron chi connectivity index (χ0n) is 6.42. The van der Waals surface area contributed by atoms with Gasteiger partial charge in [0.2, 0.25) is 0 Å². The standard InChI is InChI=1S/C6H16N2O/c1-4-6(5-9-3)8(2)7/h6H,4-5,7H2,1-3H3/t6-/m1/s1. The van der Waals surface area contributed by atoms with Crippen LogP contribution in [0.3, 0.4) is 0 Å². The Morgan fingerprint density at radius 1 is 1.67 bits per heavy atom. The number of likely N-dealkylation sites (N-methyl/N-ethyl adjacent to an activating group) is 1. The van der Waals surface area contributed by atoms with E-state index in [-0.39, 0.29) is 0 Å². The van der Waals surface area contributed by atoms with E-state index in [0.29, 0.717) is 12.6 Å². The Balaban J connectivity index is 3.41. The first-order valence-electron chi connectivity index (χ1n) is 3.18. The summed E-state index contributed by atoms with van der Waals surface area (Å²) >= 11 is 0. The van der Waals surface area contributed by atoms with E-state index in [0.717, 1.165) is 6.42 Å². The molecular formula is C6H16N2O. The molecule has 0 rings (SSSR count). The summed E-state index contributed by atoms with van der Waals surface area (Å²) in [6.45, 7) is 2.80. The second-order valence-corrected chi connectivity index (χ2v) is 2.18. The third-order valence-electron chi connectivity index (χ3n) is 1.41. The van der Waals surface area contributed by atoms with Crippen molar-refractivity contribution < 1.29 is 4.74 Å². The minimum atomic E-state index is 0.356. The van der Waals surface area contributed by atoms with Crippen LogP contribution in [0.1, 0.15) is 13.3 Å². The fraction of sp³-hybridized carbons (Fsp3) is 1.00. The van der Waals surface area contributed by atoms with Gasteiger partial charge < -0.3 is 4.74 Å². The van der Waals surface area contributed by atoms with Gasteiger partial charge in [0.25, 0.3) is 0 Å². The van der Waals surface area contributed by atoms with E-state index < -0.39 is 0 Å². The minimum absolute atomic E-state index is 0.356. The second-order valence-electron chi connectivity index (χ2n) is 2.18. The summed E-state index contributed by atoms with van der Waals surface area (Å²) < 4.78 is 4.93. The molecule has 56 valence electrons. The molecule has 0 saturated heterocycles. The minimum Gasteiger partial charge on any atom is -0.383 e. The van der Waals surface area contributed by atoms with Crippen LogP contribution in [0.2, 0.25) is 0 Å². The molecule has 0 radical (unpaired) electrons. The number of ether oxygens (including phenoxy) is 1. The number of hydrazine groups is 1. The third-order valence-corrected chi connectivity index (χ3v) is 1.41. The lowest BCUT2D eigenvalue weighted by Gasteiger charge is -2.20. The highest BCUT2D eigenvalue weighted by Crippen LogP contribution is 1.95. The second kappa shape index (κ2) is 4.73. The van der Waals surface area contributed by atoms with Crippen LogP contribution >= 0.6 is 0 Å². The van der Waals surface area contributed by atoms with Crippen LogP contribution in [0.25, 0.3) is 0 Å². The Kier molecular flexibility index (Phi) is 4.67. The van der Waals surface area contributed by atoms with Crippen LogP contribution in [0.5, 0.6) is 0 Å². The maximum atomic E-state index is 5.49. The third kappa shape index (κ3) is 3.46. The first kappa shape index (κ1) is 8.88. The van der Waals surface area contributed by atoms with Crippen molar-refractivity contribution in [3.05, 3.63) is 0 Å². The molecule has 0 spiro atoms. The molecular weight excluding hydrogens is 116 g/mol. The van der Waals surface area contributed by atoms with Gasteiger partial charge in [0.15, 0.2) is 0 Å². The predicted molar refractivity (Wildman–Crippen MR) is 37.9 cm³/mol. The smallest absolute Gasteiger partial charge is 0.0631 e. The van der Waals surface area contributed by atoms with E-state index >= 15 is 0 Å². The molecule has 0 aromatic carbocycles. The molecule has 1 atom stereocenters. The van der Waals surface area contributed by atoms with Crippen LogP contribution in [0.4, 0.5) is 0 Å². The number of nitrogens with zero attached hydrogens (tertiary/aromatic N) is 1. The number of rotatable bonds is 4. The van der Waals surface area contributed by atoms with Crippen LogP contribution in [0.15, 0.2) is 0 Å². The summed E-state index contributed by atoms with van der Waals surface area (Å²) in [7, 11) is 3.54. The lowest BCUT2D eigenvalue weighted by Crippen LogP contribution is -2.39. The van der Waals surface area contributed by atoms with Crippen molar-refractivity contribution in [3.8, 4) is 0 Å². The molecule has 9 heavy (non-hydrogen) atoms. The molecule has 2 N–H and O–H groups in total. The summed E-state index contributed by atoms with van der Waals surface area (Å²) in [5.74, 6) is 5.49. The average molecular weight is 132 g/mol. The van der Waals surface area contributed by atoms with Gasteiger partial charge >= 0.3 is 0 Å². The van der Waals surface area contributed by atoms with Gasteiger partial charge in [0.1, 0.15) is 0 Å². The largest absolute Gasteiger partial charge is 0.383 e. The van der Waals surface area contributed by atoms with E-state index in [9.17, 15) is 0 Å². The van der Waals surface area contributed by atoms with E-state index in [1.807, 2.05) is 7.05 Å². The van der Waals surface area contributed by atoms with Gasteiger partial charge in [-0.2, -0.15) is 0 Å². The molecule has 0 heterocycles. The summed E-state index contributed by atoms with van der Waals surface area (Å²) in [4.78, 5) is 0. The number of nitrogens with two attached hydrogens (primary N) is 1.